The van der Waals surface area contributed by atoms with Crippen LogP contribution in [0.15, 0.2) is 36.9 Å². The highest BCUT2D eigenvalue weighted by molar-refractivity contribution is 5.94. The Bertz CT molecular complexity index is 415. The lowest BCUT2D eigenvalue weighted by molar-refractivity contribution is 0.0782. The van der Waals surface area contributed by atoms with Crippen molar-refractivity contribution in [3.8, 4) is 6.07 Å². The van der Waals surface area contributed by atoms with E-state index in [4.69, 9.17) is 5.26 Å². The van der Waals surface area contributed by atoms with Crippen LogP contribution in [0.3, 0.4) is 0 Å². The number of amides is 1. The summed E-state index contributed by atoms with van der Waals surface area (Å²) in [5.74, 6) is -0.0353. The fourth-order valence-corrected chi connectivity index (χ4v) is 1.38. The number of likely N-dealkylation sites (N-methyl/N-ethyl adjacent to an activating group) is 1. The molecule has 3 nitrogen and oxygen atoms in total. The molecule has 0 aliphatic heterocycles. The Morgan fingerprint density at radius 3 is 2.56 bits per heavy atom. The monoisotopic (exact) mass is 214 g/mol. The van der Waals surface area contributed by atoms with Gasteiger partial charge in [0.05, 0.1) is 11.6 Å². The van der Waals surface area contributed by atoms with Crippen LogP contribution in [0.4, 0.5) is 0 Å². The summed E-state index contributed by atoms with van der Waals surface area (Å²) in [7, 11) is 0. The minimum absolute atomic E-state index is 0.0353. The number of nitrogens with zero attached hydrogens (tertiary/aromatic N) is 2. The molecule has 0 aromatic heterocycles. The molecule has 3 heteroatoms. The molecule has 1 amide bonds. The number of hydrogen-bond donors (Lipinski definition) is 0. The average molecular weight is 214 g/mol. The number of carbonyl (C=O) groups is 1. The van der Waals surface area contributed by atoms with Crippen molar-refractivity contribution in [1.82, 2.24) is 4.90 Å². The summed E-state index contributed by atoms with van der Waals surface area (Å²) in [5, 5.41) is 8.65. The minimum Gasteiger partial charge on any atom is -0.335 e. The van der Waals surface area contributed by atoms with Crippen molar-refractivity contribution in [2.24, 2.45) is 0 Å². The van der Waals surface area contributed by atoms with Crippen LogP contribution in [-0.4, -0.2) is 23.9 Å². The average Bonchev–Trinajstić information content (AvgIpc) is 2.35. The van der Waals surface area contributed by atoms with Crippen LogP contribution < -0.4 is 0 Å². The molecular weight excluding hydrogens is 200 g/mol. The molecule has 0 heterocycles. The fraction of sp³-hybridized carbons (Fsp3) is 0.231. The highest BCUT2D eigenvalue weighted by Crippen LogP contribution is 2.07. The fourth-order valence-electron chi connectivity index (χ4n) is 1.38. The Kier molecular flexibility index (Phi) is 4.28. The van der Waals surface area contributed by atoms with Gasteiger partial charge in [0.2, 0.25) is 0 Å². The van der Waals surface area contributed by atoms with Crippen molar-refractivity contribution in [3.63, 3.8) is 0 Å². The van der Waals surface area contributed by atoms with Gasteiger partial charge >= 0.3 is 0 Å². The number of hydrogen-bond acceptors (Lipinski definition) is 2. The van der Waals surface area contributed by atoms with E-state index in [1.807, 2.05) is 13.0 Å². The molecule has 0 unspecified atom stereocenters. The van der Waals surface area contributed by atoms with Crippen molar-refractivity contribution in [3.05, 3.63) is 48.0 Å². The Morgan fingerprint density at radius 1 is 1.50 bits per heavy atom. The quantitative estimate of drug-likeness (QED) is 0.721. The van der Waals surface area contributed by atoms with E-state index in [9.17, 15) is 4.79 Å². The summed E-state index contributed by atoms with van der Waals surface area (Å²) < 4.78 is 0. The molecule has 0 radical (unpaired) electrons. The second-order valence-electron chi connectivity index (χ2n) is 3.32. The molecule has 0 atom stereocenters. The third-order valence-electron chi connectivity index (χ3n) is 2.28. The van der Waals surface area contributed by atoms with Crippen molar-refractivity contribution < 1.29 is 4.79 Å². The standard InChI is InChI=1S/C13H14N2O/c1-3-9-15(4-2)13(16)12-7-5-11(10-14)6-8-12/h3,5-8H,1,4,9H2,2H3. The third-order valence-corrected chi connectivity index (χ3v) is 2.28. The first-order valence-corrected chi connectivity index (χ1v) is 5.13. The zero-order valence-electron chi connectivity index (χ0n) is 9.31. The van der Waals surface area contributed by atoms with Gasteiger partial charge in [0.15, 0.2) is 0 Å². The van der Waals surface area contributed by atoms with Crippen LogP contribution in [0.2, 0.25) is 0 Å². The maximum Gasteiger partial charge on any atom is 0.254 e. The van der Waals surface area contributed by atoms with E-state index in [0.717, 1.165) is 0 Å². The second-order valence-corrected chi connectivity index (χ2v) is 3.32. The largest absolute Gasteiger partial charge is 0.335 e. The van der Waals surface area contributed by atoms with Crippen molar-refractivity contribution in [2.45, 2.75) is 6.92 Å². The van der Waals surface area contributed by atoms with Crippen molar-refractivity contribution >= 4 is 5.91 Å². The first kappa shape index (κ1) is 12.0. The summed E-state index contributed by atoms with van der Waals surface area (Å²) in [5.41, 5.74) is 1.16. The molecule has 0 aliphatic rings. The third kappa shape index (κ3) is 2.71. The van der Waals surface area contributed by atoms with Crippen LogP contribution in [-0.2, 0) is 0 Å². The lowest BCUT2D eigenvalue weighted by Crippen LogP contribution is -2.30. The number of rotatable bonds is 4. The van der Waals surface area contributed by atoms with Crippen LogP contribution >= 0.6 is 0 Å². The van der Waals surface area contributed by atoms with E-state index >= 15 is 0 Å². The topological polar surface area (TPSA) is 44.1 Å². The van der Waals surface area contributed by atoms with Gasteiger partial charge in [-0.25, -0.2) is 0 Å². The Morgan fingerprint density at radius 2 is 2.12 bits per heavy atom. The lowest BCUT2D eigenvalue weighted by atomic mass is 10.1. The molecule has 0 aliphatic carbocycles. The van der Waals surface area contributed by atoms with Gasteiger partial charge in [0.25, 0.3) is 5.91 Å². The van der Waals surface area contributed by atoms with Crippen LogP contribution in [0, 0.1) is 11.3 Å². The van der Waals surface area contributed by atoms with Crippen molar-refractivity contribution in [2.75, 3.05) is 13.1 Å². The zero-order chi connectivity index (χ0) is 12.0. The van der Waals surface area contributed by atoms with Gasteiger partial charge < -0.3 is 4.90 Å². The van der Waals surface area contributed by atoms with E-state index < -0.39 is 0 Å². The van der Waals surface area contributed by atoms with Gasteiger partial charge in [-0.3, -0.25) is 4.79 Å². The molecule has 0 fully saturated rings. The first-order valence-electron chi connectivity index (χ1n) is 5.13. The van der Waals surface area contributed by atoms with E-state index in [1.165, 1.54) is 0 Å². The van der Waals surface area contributed by atoms with Gasteiger partial charge in [-0.2, -0.15) is 5.26 Å². The summed E-state index contributed by atoms with van der Waals surface area (Å²) in [6.45, 7) is 6.72. The molecule has 0 saturated carbocycles. The predicted octanol–water partition coefficient (Wildman–Crippen LogP) is 2.21. The Labute approximate surface area is 95.6 Å². The van der Waals surface area contributed by atoms with E-state index in [-0.39, 0.29) is 5.91 Å². The Hall–Kier alpha value is -2.08. The maximum absolute atomic E-state index is 12.0. The molecule has 0 bridgehead atoms. The minimum atomic E-state index is -0.0353. The first-order chi connectivity index (χ1) is 7.72. The van der Waals surface area contributed by atoms with Crippen LogP contribution in [0.5, 0.6) is 0 Å². The normalized spacial score (nSPS) is 9.25. The van der Waals surface area contributed by atoms with E-state index in [0.29, 0.717) is 24.2 Å². The van der Waals surface area contributed by atoms with E-state index in [2.05, 4.69) is 6.58 Å². The lowest BCUT2D eigenvalue weighted by Gasteiger charge is -2.18. The highest BCUT2D eigenvalue weighted by Gasteiger charge is 2.12. The number of nitriles is 1. The molecule has 82 valence electrons. The summed E-state index contributed by atoms with van der Waals surface area (Å²) in [4.78, 5) is 13.6. The summed E-state index contributed by atoms with van der Waals surface area (Å²) in [6.07, 6.45) is 1.70. The predicted molar refractivity (Wildman–Crippen MR) is 62.9 cm³/mol. The molecule has 0 N–H and O–H groups in total. The summed E-state index contributed by atoms with van der Waals surface area (Å²) in [6, 6.07) is 8.66. The van der Waals surface area contributed by atoms with Gasteiger partial charge in [-0.05, 0) is 31.2 Å². The van der Waals surface area contributed by atoms with Gasteiger partial charge in [-0.15, -0.1) is 6.58 Å². The second kappa shape index (κ2) is 5.72. The zero-order valence-corrected chi connectivity index (χ0v) is 9.31. The number of benzene rings is 1. The molecule has 0 spiro atoms. The number of carbonyl (C=O) groups excluding carboxylic acids is 1. The van der Waals surface area contributed by atoms with Gasteiger partial charge in [-0.1, -0.05) is 6.08 Å². The van der Waals surface area contributed by atoms with Crippen molar-refractivity contribution in [1.29, 1.82) is 5.26 Å². The molecule has 0 saturated heterocycles. The summed E-state index contributed by atoms with van der Waals surface area (Å²) >= 11 is 0. The van der Waals surface area contributed by atoms with Gasteiger partial charge in [0, 0.05) is 18.7 Å². The van der Waals surface area contributed by atoms with Gasteiger partial charge in [0.1, 0.15) is 0 Å². The highest BCUT2D eigenvalue weighted by atomic mass is 16.2. The molecule has 16 heavy (non-hydrogen) atoms. The van der Waals surface area contributed by atoms with Crippen LogP contribution in [0.1, 0.15) is 22.8 Å². The molecule has 1 aromatic carbocycles. The van der Waals surface area contributed by atoms with E-state index in [1.54, 1.807) is 35.2 Å². The molecule has 1 aromatic rings. The van der Waals surface area contributed by atoms with Crippen LogP contribution in [0.25, 0.3) is 0 Å². The maximum atomic E-state index is 12.0. The Balaban J connectivity index is 2.87. The SMILES string of the molecule is C=CCN(CC)C(=O)c1ccc(C#N)cc1. The molecular formula is C13H14N2O. The molecule has 1 rings (SSSR count). The smallest absolute Gasteiger partial charge is 0.254 e.